The average Bonchev–Trinajstić information content (AvgIpc) is 3.38. The summed E-state index contributed by atoms with van der Waals surface area (Å²) >= 11 is 1.82. The number of thioether (sulfide) groups is 1. The van der Waals surface area contributed by atoms with Gasteiger partial charge in [-0.15, -0.1) is 0 Å². The molecule has 0 spiro atoms. The second-order valence-corrected chi connectivity index (χ2v) is 13.7. The topological polar surface area (TPSA) is 78.2 Å². The van der Waals surface area contributed by atoms with Gasteiger partial charge in [-0.25, -0.2) is 4.98 Å². The Morgan fingerprint density at radius 3 is 2.51 bits per heavy atom. The Morgan fingerprint density at radius 2 is 1.70 bits per heavy atom. The van der Waals surface area contributed by atoms with E-state index in [9.17, 15) is 14.0 Å². The SMILES string of the molecule is CN1/C(=C/c2cc[n+](CCC[N+](C)(C)CCCCCC(=O)NCCNC(=O)c3ccc([18F])nc3)c3ccccc23)Sc2ccccc21. The molecule has 0 saturated carbocycles. The van der Waals surface area contributed by atoms with Gasteiger partial charge in [-0.3, -0.25) is 9.59 Å². The lowest BCUT2D eigenvalue weighted by molar-refractivity contribution is -0.892. The van der Waals surface area contributed by atoms with Crippen molar-refractivity contribution in [2.45, 2.75) is 43.5 Å². The van der Waals surface area contributed by atoms with Crippen LogP contribution in [0.3, 0.4) is 0 Å². The first-order valence-corrected chi connectivity index (χ1v) is 17.1. The number of hydrogen-bond donors (Lipinski definition) is 2. The van der Waals surface area contributed by atoms with Gasteiger partial charge < -0.3 is 20.0 Å². The van der Waals surface area contributed by atoms with Gasteiger partial charge in [0, 0.05) is 49.8 Å². The highest BCUT2D eigenvalue weighted by atomic mass is 32.2. The summed E-state index contributed by atoms with van der Waals surface area (Å²) in [4.78, 5) is 31.3. The van der Waals surface area contributed by atoms with Crippen LogP contribution in [0.15, 0.2) is 89.0 Å². The van der Waals surface area contributed by atoms with Crippen molar-refractivity contribution < 1.29 is 23.0 Å². The van der Waals surface area contributed by atoms with Gasteiger partial charge in [0.1, 0.15) is 0 Å². The molecule has 0 atom stereocenters. The Labute approximate surface area is 281 Å². The third kappa shape index (κ3) is 9.39. The Morgan fingerprint density at radius 1 is 0.936 bits per heavy atom. The lowest BCUT2D eigenvalue weighted by Gasteiger charge is -2.29. The first-order valence-electron chi connectivity index (χ1n) is 16.3. The summed E-state index contributed by atoms with van der Waals surface area (Å²) < 4.78 is 16.2. The van der Waals surface area contributed by atoms with Crippen LogP contribution >= 0.6 is 11.8 Å². The van der Waals surface area contributed by atoms with E-state index >= 15 is 0 Å². The van der Waals surface area contributed by atoms with Crippen LogP contribution in [0.1, 0.15) is 48.0 Å². The minimum atomic E-state index is -0.630. The van der Waals surface area contributed by atoms with Crippen LogP contribution in [0.5, 0.6) is 0 Å². The molecule has 47 heavy (non-hydrogen) atoms. The van der Waals surface area contributed by atoms with Crippen molar-refractivity contribution in [1.82, 2.24) is 15.6 Å². The third-order valence-electron chi connectivity index (χ3n) is 8.56. The van der Waals surface area contributed by atoms with Crippen molar-refractivity contribution in [2.24, 2.45) is 0 Å². The highest BCUT2D eigenvalue weighted by Gasteiger charge is 2.22. The van der Waals surface area contributed by atoms with E-state index in [0.29, 0.717) is 19.5 Å². The minimum Gasteiger partial charge on any atom is -0.354 e. The molecular formula is C37H45FN6O2S+2. The molecule has 0 radical (unpaired) electrons. The fourth-order valence-electron chi connectivity index (χ4n) is 5.87. The molecule has 0 unspecified atom stereocenters. The zero-order valence-electron chi connectivity index (χ0n) is 27.5. The van der Waals surface area contributed by atoms with Crippen LogP contribution in [0.25, 0.3) is 17.0 Å². The summed E-state index contributed by atoms with van der Waals surface area (Å²) in [6, 6.07) is 22.0. The quantitative estimate of drug-likeness (QED) is 0.0736. The fraction of sp³-hybridized carbons (Fsp3) is 0.351. The summed E-state index contributed by atoms with van der Waals surface area (Å²) in [6.07, 6.45) is 10.2. The smallest absolute Gasteiger partial charge is 0.252 e. The maximum atomic E-state index is 12.9. The first kappa shape index (κ1) is 34.1. The van der Waals surface area contributed by atoms with E-state index in [1.807, 2.05) is 11.8 Å². The molecule has 5 rings (SSSR count). The molecule has 2 N–H and O–H groups in total. The molecule has 10 heteroatoms. The highest BCUT2D eigenvalue weighted by molar-refractivity contribution is 8.03. The van der Waals surface area contributed by atoms with E-state index in [0.717, 1.165) is 55.9 Å². The van der Waals surface area contributed by atoms with E-state index < -0.39 is 5.95 Å². The number of quaternary nitrogens is 1. The molecule has 2 amide bonds. The number of carbonyl (C=O) groups is 2. The lowest BCUT2D eigenvalue weighted by atomic mass is 10.1. The maximum Gasteiger partial charge on any atom is 0.252 e. The summed E-state index contributed by atoms with van der Waals surface area (Å²) in [7, 11) is 6.71. The molecule has 0 fully saturated rings. The van der Waals surface area contributed by atoms with E-state index in [2.05, 4.69) is 113 Å². The predicted molar refractivity (Wildman–Crippen MR) is 187 cm³/mol. The number of halogens is 1. The van der Waals surface area contributed by atoms with Gasteiger partial charge in [0.2, 0.25) is 17.4 Å². The minimum absolute atomic E-state index is 0.0120. The number of benzene rings is 2. The van der Waals surface area contributed by atoms with E-state index in [4.69, 9.17) is 0 Å². The lowest BCUT2D eigenvalue weighted by Crippen LogP contribution is -2.44. The summed E-state index contributed by atoms with van der Waals surface area (Å²) in [6.45, 7) is 3.75. The van der Waals surface area contributed by atoms with Gasteiger partial charge in [0.25, 0.3) is 5.91 Å². The molecule has 246 valence electrons. The van der Waals surface area contributed by atoms with E-state index in [-0.39, 0.29) is 17.4 Å². The Kier molecular flexibility index (Phi) is 11.6. The number of unbranched alkanes of at least 4 members (excludes halogenated alkanes) is 2. The number of carbonyl (C=O) groups excluding carboxylic acids is 2. The van der Waals surface area contributed by atoms with Gasteiger partial charge in [0.15, 0.2) is 12.7 Å². The van der Waals surface area contributed by atoms with Crippen LogP contribution in [0.4, 0.5) is 10.1 Å². The van der Waals surface area contributed by atoms with Crippen LogP contribution in [-0.4, -0.2) is 68.6 Å². The van der Waals surface area contributed by atoms with Crippen molar-refractivity contribution in [3.63, 3.8) is 0 Å². The largest absolute Gasteiger partial charge is 0.354 e. The van der Waals surface area contributed by atoms with Crippen molar-refractivity contribution >= 4 is 46.2 Å². The number of rotatable bonds is 15. The second kappa shape index (κ2) is 16.0. The molecular weight excluding hydrogens is 611 g/mol. The zero-order chi connectivity index (χ0) is 33.2. The van der Waals surface area contributed by atoms with E-state index in [1.165, 1.54) is 44.3 Å². The van der Waals surface area contributed by atoms with Crippen molar-refractivity contribution in [3.05, 3.63) is 101 Å². The molecule has 3 heterocycles. The molecule has 8 nitrogen and oxygen atoms in total. The van der Waals surface area contributed by atoms with Crippen molar-refractivity contribution in [3.8, 4) is 0 Å². The maximum absolute atomic E-state index is 12.9. The van der Waals surface area contributed by atoms with Crippen molar-refractivity contribution in [2.75, 3.05) is 52.2 Å². The number of nitrogens with zero attached hydrogens (tertiary/aromatic N) is 4. The third-order valence-corrected chi connectivity index (χ3v) is 9.73. The van der Waals surface area contributed by atoms with Crippen LogP contribution in [-0.2, 0) is 11.3 Å². The van der Waals surface area contributed by atoms with E-state index in [1.54, 1.807) is 0 Å². The Balaban J connectivity index is 1.01. The van der Waals surface area contributed by atoms with Gasteiger partial charge in [-0.1, -0.05) is 36.0 Å². The molecule has 0 aliphatic carbocycles. The van der Waals surface area contributed by atoms with Gasteiger partial charge >= 0.3 is 0 Å². The average molecular weight is 656 g/mol. The summed E-state index contributed by atoms with van der Waals surface area (Å²) in [5.41, 5.74) is 4.02. The second-order valence-electron chi connectivity index (χ2n) is 12.6. The molecule has 1 aliphatic rings. The molecule has 4 aromatic rings. The molecule has 0 bridgehead atoms. The fourth-order valence-corrected chi connectivity index (χ4v) is 6.97. The Hall–Kier alpha value is -4.28. The van der Waals surface area contributed by atoms with Crippen LogP contribution in [0.2, 0.25) is 0 Å². The number of nitrogens with one attached hydrogen (secondary N) is 2. The highest BCUT2D eigenvalue weighted by Crippen LogP contribution is 2.45. The number of aromatic nitrogens is 2. The predicted octanol–water partition coefficient (Wildman–Crippen LogP) is 5.78. The van der Waals surface area contributed by atoms with Crippen LogP contribution in [0, 0.1) is 5.95 Å². The number of para-hydroxylation sites is 2. The number of amides is 2. The molecule has 1 aliphatic heterocycles. The number of fused-ring (bicyclic) bond motifs is 2. The van der Waals surface area contributed by atoms with Crippen molar-refractivity contribution in [1.29, 1.82) is 0 Å². The number of pyridine rings is 2. The van der Waals surface area contributed by atoms with Gasteiger partial charge in [-0.2, -0.15) is 8.96 Å². The van der Waals surface area contributed by atoms with Gasteiger partial charge in [0.05, 0.1) is 55.3 Å². The summed E-state index contributed by atoms with van der Waals surface area (Å²) in [5, 5.41) is 8.04. The number of hydrogen-bond acceptors (Lipinski definition) is 5. The summed E-state index contributed by atoms with van der Waals surface area (Å²) in [5.74, 6) is -0.986. The molecule has 2 aromatic carbocycles. The normalized spacial score (nSPS) is 13.6. The molecule has 0 saturated heterocycles. The van der Waals surface area contributed by atoms with Crippen LogP contribution < -0.4 is 20.1 Å². The van der Waals surface area contributed by atoms with Gasteiger partial charge in [-0.05, 0) is 61.2 Å². The number of aryl methyl sites for hydroxylation is 1. The first-order chi connectivity index (χ1) is 22.7. The molecule has 2 aromatic heterocycles. The zero-order valence-corrected chi connectivity index (χ0v) is 28.4. The standard InChI is InChI=1S/C37H43FN6O2S/c1-42-32-14-8-9-15-33(32)47-36(42)26-28-19-23-43(31-13-7-6-12-30(28)31)22-11-25-44(2,3)24-10-4-5-16-35(45)39-20-21-40-37(46)29-17-18-34(38)41-27-29/h6-9,12-15,17-19,23,26-27H,4-5,10-11,16,20-22,24-25H2,1-3H3/p+2/i38-1. The number of anilines is 1. The monoisotopic (exact) mass is 655 g/mol. The Bertz CT molecular complexity index is 1730.